The van der Waals surface area contributed by atoms with Gasteiger partial charge in [0.2, 0.25) is 0 Å². The van der Waals surface area contributed by atoms with E-state index >= 15 is 0 Å². The fourth-order valence-corrected chi connectivity index (χ4v) is 2.01. The summed E-state index contributed by atoms with van der Waals surface area (Å²) in [6, 6.07) is -1.09. The lowest BCUT2D eigenvalue weighted by Gasteiger charge is -2.41. The van der Waals surface area contributed by atoms with E-state index in [-0.39, 0.29) is 6.42 Å². The quantitative estimate of drug-likeness (QED) is 0.279. The van der Waals surface area contributed by atoms with Gasteiger partial charge in [0.1, 0.15) is 12.3 Å². The van der Waals surface area contributed by atoms with Crippen LogP contribution in [0.4, 0.5) is 4.79 Å². The molecule has 0 saturated carbocycles. The second-order valence-corrected chi connectivity index (χ2v) is 4.38. The molecule has 1 unspecified atom stereocenters. The summed E-state index contributed by atoms with van der Waals surface area (Å²) < 4.78 is 5.10. The third-order valence-corrected chi connectivity index (χ3v) is 3.11. The van der Waals surface area contributed by atoms with Gasteiger partial charge in [-0.05, 0) is 0 Å². The molecule has 2 aliphatic rings. The Kier molecular flexibility index (Phi) is 3.47. The average Bonchev–Trinajstić information content (AvgIpc) is 2.68. The molecule has 2 heterocycles. The first-order chi connectivity index (χ1) is 8.78. The summed E-state index contributed by atoms with van der Waals surface area (Å²) in [5.41, 5.74) is 0. The zero-order chi connectivity index (χ0) is 14.4. The Labute approximate surface area is 106 Å². The highest BCUT2D eigenvalue weighted by Crippen LogP contribution is 2.28. The predicted octanol–water partition coefficient (Wildman–Crippen LogP) is -3.99. The molecule has 4 atom stereocenters. The van der Waals surface area contributed by atoms with Gasteiger partial charge in [-0.15, -0.1) is 0 Å². The summed E-state index contributed by atoms with van der Waals surface area (Å²) in [4.78, 5) is 23.2. The third kappa shape index (κ3) is 2.18. The molecule has 6 N–H and O–H groups in total. The Balaban J connectivity index is 2.20. The van der Waals surface area contributed by atoms with Crippen LogP contribution in [0, 0.1) is 0 Å². The molecule has 2 fully saturated rings. The van der Waals surface area contributed by atoms with Crippen LogP contribution in [-0.4, -0.2) is 79.4 Å². The van der Waals surface area contributed by atoms with Crippen molar-refractivity contribution in [2.45, 2.75) is 36.9 Å². The van der Waals surface area contributed by atoms with Gasteiger partial charge in [0, 0.05) is 6.42 Å². The number of nitrogens with one attached hydrogen (secondary N) is 1. The van der Waals surface area contributed by atoms with Crippen LogP contribution < -0.4 is 5.32 Å². The van der Waals surface area contributed by atoms with E-state index in [2.05, 4.69) is 0 Å². The molecule has 10 nitrogen and oxygen atoms in total. The Bertz CT molecular complexity index is 400. The SMILES string of the molecule is O=C1NC(=O)C(O)(O)C(O)N1[C@H]1C[C@H](O)[C@@H](CO)O1. The Morgan fingerprint density at radius 2 is 2.00 bits per heavy atom. The van der Waals surface area contributed by atoms with Crippen molar-refractivity contribution in [2.24, 2.45) is 0 Å². The van der Waals surface area contributed by atoms with E-state index in [1.54, 1.807) is 5.32 Å². The minimum absolute atomic E-state index is 0.153. The second-order valence-electron chi connectivity index (χ2n) is 4.38. The van der Waals surface area contributed by atoms with E-state index in [1.165, 1.54) is 0 Å². The lowest BCUT2D eigenvalue weighted by Crippen LogP contribution is -2.72. The normalized spacial score (nSPS) is 38.5. The largest absolute Gasteiger partial charge is 0.394 e. The maximum atomic E-state index is 11.6. The van der Waals surface area contributed by atoms with Gasteiger partial charge in [-0.3, -0.25) is 15.0 Å². The Morgan fingerprint density at radius 1 is 1.37 bits per heavy atom. The van der Waals surface area contributed by atoms with Crippen LogP contribution >= 0.6 is 0 Å². The van der Waals surface area contributed by atoms with Crippen molar-refractivity contribution >= 4 is 11.9 Å². The molecule has 2 saturated heterocycles. The van der Waals surface area contributed by atoms with Gasteiger partial charge < -0.3 is 30.3 Å². The van der Waals surface area contributed by atoms with Gasteiger partial charge in [-0.1, -0.05) is 0 Å². The molecular weight excluding hydrogens is 264 g/mol. The minimum Gasteiger partial charge on any atom is -0.394 e. The van der Waals surface area contributed by atoms with Crippen molar-refractivity contribution in [1.82, 2.24) is 10.2 Å². The fraction of sp³-hybridized carbons (Fsp3) is 0.778. The summed E-state index contributed by atoms with van der Waals surface area (Å²) in [5, 5.41) is 48.5. The monoisotopic (exact) mass is 278 g/mol. The molecule has 19 heavy (non-hydrogen) atoms. The van der Waals surface area contributed by atoms with Gasteiger partial charge in [0.25, 0.3) is 11.7 Å². The van der Waals surface area contributed by atoms with Crippen LogP contribution in [0.3, 0.4) is 0 Å². The molecule has 0 radical (unpaired) electrons. The van der Waals surface area contributed by atoms with E-state index in [9.17, 15) is 30.0 Å². The van der Waals surface area contributed by atoms with Gasteiger partial charge in [-0.25, -0.2) is 4.79 Å². The molecule has 0 spiro atoms. The van der Waals surface area contributed by atoms with Crippen LogP contribution in [0.5, 0.6) is 0 Å². The summed E-state index contributed by atoms with van der Waals surface area (Å²) in [5.74, 6) is -4.64. The first-order valence-corrected chi connectivity index (χ1v) is 5.50. The van der Waals surface area contributed by atoms with E-state index in [0.29, 0.717) is 4.90 Å². The van der Waals surface area contributed by atoms with Crippen molar-refractivity contribution in [3.8, 4) is 0 Å². The number of carbonyl (C=O) groups excluding carboxylic acids is 2. The number of ether oxygens (including phenoxy) is 1. The predicted molar refractivity (Wildman–Crippen MR) is 54.9 cm³/mol. The molecule has 2 rings (SSSR count). The number of imide groups is 1. The van der Waals surface area contributed by atoms with Crippen LogP contribution in [0.15, 0.2) is 0 Å². The molecule has 0 aromatic heterocycles. The highest BCUT2D eigenvalue weighted by Gasteiger charge is 2.55. The summed E-state index contributed by atoms with van der Waals surface area (Å²) in [7, 11) is 0. The summed E-state index contributed by atoms with van der Waals surface area (Å²) in [6.45, 7) is -0.508. The van der Waals surface area contributed by atoms with Crippen LogP contribution in [0.1, 0.15) is 6.42 Å². The highest BCUT2D eigenvalue weighted by molar-refractivity contribution is 6.00. The third-order valence-electron chi connectivity index (χ3n) is 3.11. The maximum absolute atomic E-state index is 11.6. The van der Waals surface area contributed by atoms with Crippen molar-refractivity contribution in [1.29, 1.82) is 0 Å². The van der Waals surface area contributed by atoms with E-state index in [4.69, 9.17) is 9.84 Å². The summed E-state index contributed by atoms with van der Waals surface area (Å²) >= 11 is 0. The first-order valence-electron chi connectivity index (χ1n) is 5.50. The topological polar surface area (TPSA) is 160 Å². The number of carbonyl (C=O) groups is 2. The van der Waals surface area contributed by atoms with E-state index in [0.717, 1.165) is 0 Å². The van der Waals surface area contributed by atoms with Crippen molar-refractivity contribution < 1.29 is 39.9 Å². The van der Waals surface area contributed by atoms with Crippen molar-refractivity contribution in [3.63, 3.8) is 0 Å². The van der Waals surface area contributed by atoms with E-state index < -0.39 is 49.0 Å². The maximum Gasteiger partial charge on any atom is 0.328 e. The zero-order valence-corrected chi connectivity index (χ0v) is 9.63. The van der Waals surface area contributed by atoms with Crippen LogP contribution in [-0.2, 0) is 9.53 Å². The molecular formula is C9H14N2O8. The lowest BCUT2D eigenvalue weighted by molar-refractivity contribution is -0.267. The number of rotatable bonds is 2. The first kappa shape index (κ1) is 14.1. The Hall–Kier alpha value is -1.30. The van der Waals surface area contributed by atoms with Crippen LogP contribution in [0.25, 0.3) is 0 Å². The molecule has 0 aromatic rings. The molecule has 0 aromatic carbocycles. The average molecular weight is 278 g/mol. The van der Waals surface area contributed by atoms with Crippen molar-refractivity contribution in [3.05, 3.63) is 0 Å². The van der Waals surface area contributed by atoms with Gasteiger partial charge >= 0.3 is 6.03 Å². The number of nitrogens with zero attached hydrogens (tertiary/aromatic N) is 1. The lowest BCUT2D eigenvalue weighted by atomic mass is 10.1. The highest BCUT2D eigenvalue weighted by atomic mass is 16.6. The molecule has 108 valence electrons. The van der Waals surface area contributed by atoms with Gasteiger partial charge in [-0.2, -0.15) is 0 Å². The number of hydrogen-bond donors (Lipinski definition) is 6. The molecule has 3 amide bonds. The molecule has 2 aliphatic heterocycles. The molecule has 0 bridgehead atoms. The van der Waals surface area contributed by atoms with Gasteiger partial charge in [0.15, 0.2) is 6.23 Å². The molecule has 10 heteroatoms. The number of aliphatic hydroxyl groups is 5. The molecule has 0 aliphatic carbocycles. The number of hydrogen-bond acceptors (Lipinski definition) is 8. The number of urea groups is 1. The fourth-order valence-electron chi connectivity index (χ4n) is 2.01. The summed E-state index contributed by atoms with van der Waals surface area (Å²) in [6.07, 6.45) is -5.65. The minimum atomic E-state index is -3.18. The van der Waals surface area contributed by atoms with Crippen LogP contribution in [0.2, 0.25) is 0 Å². The standard InChI is InChI=1S/C9H14N2O8/c12-2-4-3(13)1-5(19-4)11-7(15)9(17,18)6(14)10-8(11)16/h3-5,7,12-13,15,17-18H,1-2H2,(H,10,14,16)/t3-,4+,5+,7?/m0/s1. The second kappa shape index (κ2) is 4.67. The zero-order valence-electron chi connectivity index (χ0n) is 9.63. The Morgan fingerprint density at radius 3 is 2.53 bits per heavy atom. The van der Waals surface area contributed by atoms with E-state index in [1.807, 2.05) is 0 Å². The number of aliphatic hydroxyl groups excluding tert-OH is 3. The van der Waals surface area contributed by atoms with Gasteiger partial charge in [0.05, 0.1) is 12.7 Å². The number of amides is 3. The van der Waals surface area contributed by atoms with Crippen molar-refractivity contribution in [2.75, 3.05) is 6.61 Å². The smallest absolute Gasteiger partial charge is 0.328 e.